The van der Waals surface area contributed by atoms with E-state index in [1.165, 1.54) is 0 Å². The number of nitrogens with two attached hydrogens (primary N) is 1. The van der Waals surface area contributed by atoms with Crippen LogP contribution in [0, 0.1) is 17.3 Å². The second kappa shape index (κ2) is 9.44. The summed E-state index contributed by atoms with van der Waals surface area (Å²) in [7, 11) is 0. The number of nitrogens with one attached hydrogen (secondary N) is 2. The molecule has 8 heteroatoms. The van der Waals surface area contributed by atoms with Crippen LogP contribution in [0.25, 0.3) is 0 Å². The van der Waals surface area contributed by atoms with E-state index in [9.17, 15) is 14.4 Å². The number of carbonyl (C=O) groups excluding carboxylic acids is 3. The highest BCUT2D eigenvalue weighted by atomic mass is 35.5. The molecule has 2 rings (SSSR count). The van der Waals surface area contributed by atoms with Crippen LogP contribution in [0.2, 0.25) is 0 Å². The quantitative estimate of drug-likeness (QED) is 0.578. The average Bonchev–Trinajstić information content (AvgIpc) is 2.77. The van der Waals surface area contributed by atoms with Crippen LogP contribution in [0.15, 0.2) is 0 Å². The molecule has 1 spiro atoms. The van der Waals surface area contributed by atoms with Crippen molar-refractivity contribution in [3.63, 3.8) is 0 Å². The van der Waals surface area contributed by atoms with Crippen molar-refractivity contribution in [1.82, 2.24) is 15.5 Å². The molecule has 1 saturated carbocycles. The summed E-state index contributed by atoms with van der Waals surface area (Å²) >= 11 is 0. The van der Waals surface area contributed by atoms with E-state index < -0.39 is 11.6 Å². The fourth-order valence-electron chi connectivity index (χ4n) is 4.34. The maximum atomic E-state index is 13.0. The topological polar surface area (TPSA) is 105 Å². The predicted octanol–water partition coefficient (Wildman–Crippen LogP) is 2.42. The van der Waals surface area contributed by atoms with E-state index in [-0.39, 0.29) is 42.2 Å². The molecule has 28 heavy (non-hydrogen) atoms. The minimum absolute atomic E-state index is 0. The summed E-state index contributed by atoms with van der Waals surface area (Å²) in [5.41, 5.74) is 5.08. The number of rotatable bonds is 6. The Labute approximate surface area is 174 Å². The minimum Gasteiger partial charge on any atom is -0.351 e. The van der Waals surface area contributed by atoms with Gasteiger partial charge in [-0.05, 0) is 49.4 Å². The molecule has 2 fully saturated rings. The van der Waals surface area contributed by atoms with Crippen LogP contribution in [-0.4, -0.2) is 47.4 Å². The van der Waals surface area contributed by atoms with Crippen molar-refractivity contribution in [1.29, 1.82) is 0 Å². The lowest BCUT2D eigenvalue weighted by atomic mass is 9.67. The van der Waals surface area contributed by atoms with Gasteiger partial charge >= 0.3 is 6.03 Å². The lowest BCUT2D eigenvalue weighted by Gasteiger charge is -2.40. The molecule has 2 aliphatic rings. The zero-order valence-electron chi connectivity index (χ0n) is 17.8. The highest BCUT2D eigenvalue weighted by Gasteiger charge is 2.53. The molecule has 0 aromatic heterocycles. The first-order valence-corrected chi connectivity index (χ1v) is 10.1. The average molecular weight is 417 g/mol. The Kier molecular flexibility index (Phi) is 8.33. The number of halogens is 1. The molecular weight excluding hydrogens is 380 g/mol. The van der Waals surface area contributed by atoms with E-state index in [0.717, 1.165) is 24.2 Å². The Balaban J connectivity index is 0.00000392. The molecule has 1 saturated heterocycles. The zero-order chi connectivity index (χ0) is 20.4. The zero-order valence-corrected chi connectivity index (χ0v) is 18.7. The number of amides is 4. The Morgan fingerprint density at radius 2 is 1.86 bits per heavy atom. The van der Waals surface area contributed by atoms with E-state index in [2.05, 4.69) is 45.3 Å². The summed E-state index contributed by atoms with van der Waals surface area (Å²) in [4.78, 5) is 38.8. The summed E-state index contributed by atoms with van der Waals surface area (Å²) < 4.78 is 0. The molecule has 1 aliphatic carbocycles. The van der Waals surface area contributed by atoms with Crippen molar-refractivity contribution in [3.8, 4) is 0 Å². The van der Waals surface area contributed by atoms with Gasteiger partial charge in [-0.25, -0.2) is 4.79 Å². The molecule has 7 nitrogen and oxygen atoms in total. The summed E-state index contributed by atoms with van der Waals surface area (Å²) in [6.45, 7) is 10.9. The molecule has 0 aromatic carbocycles. The summed E-state index contributed by atoms with van der Waals surface area (Å²) in [5.74, 6) is 0.335. The van der Waals surface area contributed by atoms with Gasteiger partial charge in [0.2, 0.25) is 5.91 Å². The molecule has 1 aliphatic heterocycles. The van der Waals surface area contributed by atoms with Gasteiger partial charge in [0, 0.05) is 12.6 Å². The van der Waals surface area contributed by atoms with Crippen LogP contribution in [0.4, 0.5) is 4.79 Å². The van der Waals surface area contributed by atoms with E-state index in [0.29, 0.717) is 31.2 Å². The Morgan fingerprint density at radius 1 is 1.29 bits per heavy atom. The first-order valence-electron chi connectivity index (χ1n) is 10.1. The van der Waals surface area contributed by atoms with Crippen LogP contribution in [0.3, 0.4) is 0 Å². The molecule has 0 bridgehead atoms. The first-order chi connectivity index (χ1) is 12.5. The van der Waals surface area contributed by atoms with Gasteiger partial charge in [-0.3, -0.25) is 14.5 Å². The maximum Gasteiger partial charge on any atom is 0.325 e. The minimum atomic E-state index is -0.829. The molecule has 0 aromatic rings. The number of hydrogen-bond acceptors (Lipinski definition) is 4. The number of urea groups is 1. The monoisotopic (exact) mass is 416 g/mol. The van der Waals surface area contributed by atoms with Gasteiger partial charge in [0.25, 0.3) is 5.91 Å². The smallest absolute Gasteiger partial charge is 0.325 e. The highest BCUT2D eigenvalue weighted by Crippen LogP contribution is 2.43. The number of carbonyl (C=O) groups is 3. The standard InChI is InChI=1S/C20H36N4O3.ClH/c1-13(2)10-15(11-21)22-16(25)12-24-17(26)20(23-18(24)27)8-6-14(7-9-20)19(3,4)5;/h13-15H,6-12,21H2,1-5H3,(H,22,25)(H,23,27);1H. The molecule has 4 N–H and O–H groups in total. The normalized spacial score (nSPS) is 26.2. The van der Waals surface area contributed by atoms with Crippen LogP contribution in [-0.2, 0) is 9.59 Å². The van der Waals surface area contributed by atoms with Gasteiger partial charge in [0.05, 0.1) is 0 Å². The van der Waals surface area contributed by atoms with Gasteiger partial charge in [-0.1, -0.05) is 34.6 Å². The number of nitrogens with zero attached hydrogens (tertiary/aromatic N) is 1. The van der Waals surface area contributed by atoms with E-state index in [1.807, 2.05) is 0 Å². The fourth-order valence-corrected chi connectivity index (χ4v) is 4.34. The van der Waals surface area contributed by atoms with Gasteiger partial charge in [0.15, 0.2) is 0 Å². The largest absolute Gasteiger partial charge is 0.351 e. The molecular formula is C20H37ClN4O3. The second-order valence-electron chi connectivity index (χ2n) is 9.67. The lowest BCUT2D eigenvalue weighted by molar-refractivity contribution is -0.136. The molecule has 0 radical (unpaired) electrons. The number of hydrogen-bond donors (Lipinski definition) is 3. The SMILES string of the molecule is CC(C)CC(CN)NC(=O)CN1C(=O)NC2(CCC(C(C)(C)C)CC2)C1=O.Cl. The molecule has 1 heterocycles. The number of imide groups is 1. The molecule has 162 valence electrons. The fraction of sp³-hybridized carbons (Fsp3) is 0.850. The second-order valence-corrected chi connectivity index (χ2v) is 9.67. The van der Waals surface area contributed by atoms with Crippen molar-refractivity contribution in [3.05, 3.63) is 0 Å². The van der Waals surface area contributed by atoms with Gasteiger partial charge in [0.1, 0.15) is 12.1 Å². The maximum absolute atomic E-state index is 13.0. The summed E-state index contributed by atoms with van der Waals surface area (Å²) in [6.07, 6.45) is 3.84. The molecule has 4 amide bonds. The van der Waals surface area contributed by atoms with Crippen LogP contribution >= 0.6 is 12.4 Å². The Morgan fingerprint density at radius 3 is 2.32 bits per heavy atom. The van der Waals surface area contributed by atoms with Crippen LogP contribution in [0.1, 0.15) is 66.7 Å². The third kappa shape index (κ3) is 5.60. The Bertz CT molecular complexity index is 580. The van der Waals surface area contributed by atoms with E-state index in [1.54, 1.807) is 0 Å². The molecule has 1 atom stereocenters. The third-order valence-electron chi connectivity index (χ3n) is 6.02. The molecule has 1 unspecified atom stereocenters. The van der Waals surface area contributed by atoms with Crippen LogP contribution in [0.5, 0.6) is 0 Å². The predicted molar refractivity (Wildman–Crippen MR) is 112 cm³/mol. The van der Waals surface area contributed by atoms with Crippen molar-refractivity contribution in [2.45, 2.75) is 78.3 Å². The van der Waals surface area contributed by atoms with Gasteiger partial charge in [-0.15, -0.1) is 12.4 Å². The van der Waals surface area contributed by atoms with Crippen molar-refractivity contribution in [2.24, 2.45) is 23.0 Å². The van der Waals surface area contributed by atoms with Gasteiger partial charge in [-0.2, -0.15) is 0 Å². The van der Waals surface area contributed by atoms with Gasteiger partial charge < -0.3 is 16.4 Å². The van der Waals surface area contributed by atoms with Crippen molar-refractivity contribution in [2.75, 3.05) is 13.1 Å². The van der Waals surface area contributed by atoms with Crippen LogP contribution < -0.4 is 16.4 Å². The third-order valence-corrected chi connectivity index (χ3v) is 6.02. The summed E-state index contributed by atoms with van der Waals surface area (Å²) in [5, 5.41) is 5.73. The van der Waals surface area contributed by atoms with E-state index >= 15 is 0 Å². The highest BCUT2D eigenvalue weighted by molar-refractivity contribution is 6.09. The lowest BCUT2D eigenvalue weighted by Crippen LogP contribution is -2.51. The Hall–Kier alpha value is -1.34. The van der Waals surface area contributed by atoms with Crippen molar-refractivity contribution >= 4 is 30.3 Å². The van der Waals surface area contributed by atoms with Crippen molar-refractivity contribution < 1.29 is 14.4 Å². The van der Waals surface area contributed by atoms with E-state index in [4.69, 9.17) is 5.73 Å². The summed E-state index contributed by atoms with van der Waals surface area (Å²) in [6, 6.07) is -0.605. The first kappa shape index (κ1) is 24.7.